The number of ether oxygens (including phenoxy) is 2. The molecule has 0 aromatic heterocycles. The van der Waals surface area contributed by atoms with Crippen LogP contribution in [0.3, 0.4) is 0 Å². The lowest BCUT2D eigenvalue weighted by atomic mass is 9.91. The average molecular weight is 333 g/mol. The van der Waals surface area contributed by atoms with Crippen LogP contribution in [0, 0.1) is 0 Å². The molecule has 3 nitrogen and oxygen atoms in total. The van der Waals surface area contributed by atoms with Gasteiger partial charge in [-0.05, 0) is 36.1 Å². The van der Waals surface area contributed by atoms with Crippen LogP contribution >= 0.6 is 11.6 Å². The first kappa shape index (κ1) is 16.5. The molecule has 2 atom stereocenters. The molecule has 2 aromatic rings. The predicted molar refractivity (Wildman–Crippen MR) is 90.4 cm³/mol. The smallest absolute Gasteiger partial charge is 0.117 e. The molecule has 122 valence electrons. The normalized spacial score (nSPS) is 24.0. The molecule has 1 N–H and O–H groups in total. The van der Waals surface area contributed by atoms with Crippen molar-refractivity contribution in [2.75, 3.05) is 13.2 Å². The van der Waals surface area contributed by atoms with Gasteiger partial charge in [-0.3, -0.25) is 0 Å². The van der Waals surface area contributed by atoms with Crippen LogP contribution in [0.5, 0.6) is 0 Å². The van der Waals surface area contributed by atoms with Crippen LogP contribution in [-0.4, -0.2) is 24.4 Å². The lowest BCUT2D eigenvalue weighted by molar-refractivity contribution is -0.110. The van der Waals surface area contributed by atoms with Crippen molar-refractivity contribution < 1.29 is 14.6 Å². The number of hydrogen-bond donors (Lipinski definition) is 1. The number of benzene rings is 2. The summed E-state index contributed by atoms with van der Waals surface area (Å²) in [5, 5.41) is 10.1. The van der Waals surface area contributed by atoms with Gasteiger partial charge >= 0.3 is 0 Å². The molecule has 0 radical (unpaired) electrons. The number of aliphatic hydroxyl groups is 1. The number of hydrogen-bond acceptors (Lipinski definition) is 3. The fourth-order valence-corrected chi connectivity index (χ4v) is 3.15. The number of aliphatic hydroxyl groups excluding tert-OH is 1. The van der Waals surface area contributed by atoms with E-state index in [2.05, 4.69) is 0 Å². The Labute approximate surface area is 141 Å². The molecule has 1 aliphatic rings. The van der Waals surface area contributed by atoms with E-state index in [9.17, 15) is 5.11 Å². The van der Waals surface area contributed by atoms with Crippen LogP contribution in [-0.2, 0) is 21.7 Å². The summed E-state index contributed by atoms with van der Waals surface area (Å²) in [6, 6.07) is 17.8. The monoisotopic (exact) mass is 332 g/mol. The zero-order valence-corrected chi connectivity index (χ0v) is 13.7. The quantitative estimate of drug-likeness (QED) is 0.871. The molecule has 0 saturated carbocycles. The van der Waals surface area contributed by atoms with Crippen LogP contribution in [0.1, 0.15) is 24.0 Å². The zero-order chi connectivity index (χ0) is 16.1. The summed E-state index contributed by atoms with van der Waals surface area (Å²) in [7, 11) is 0. The first-order valence-electron chi connectivity index (χ1n) is 7.88. The second kappa shape index (κ2) is 7.45. The Hall–Kier alpha value is -1.39. The van der Waals surface area contributed by atoms with Crippen molar-refractivity contribution in [3.05, 3.63) is 70.7 Å². The first-order chi connectivity index (χ1) is 11.2. The minimum atomic E-state index is -0.507. The fraction of sp³-hybridized carbons (Fsp3) is 0.368. The van der Waals surface area contributed by atoms with Crippen molar-refractivity contribution >= 4 is 11.6 Å². The SMILES string of the molecule is OC[C@@H]1CC[C@@](COCc2ccccc2)(c2ccc(Cl)cc2)O1. The molecule has 0 aliphatic carbocycles. The van der Waals surface area contributed by atoms with Gasteiger partial charge in [-0.15, -0.1) is 0 Å². The third-order valence-electron chi connectivity index (χ3n) is 4.28. The highest BCUT2D eigenvalue weighted by Crippen LogP contribution is 2.40. The van der Waals surface area contributed by atoms with Gasteiger partial charge in [0.25, 0.3) is 0 Å². The summed E-state index contributed by atoms with van der Waals surface area (Å²) < 4.78 is 12.1. The topological polar surface area (TPSA) is 38.7 Å². The van der Waals surface area contributed by atoms with Crippen molar-refractivity contribution in [2.24, 2.45) is 0 Å². The van der Waals surface area contributed by atoms with Gasteiger partial charge in [-0.25, -0.2) is 0 Å². The van der Waals surface area contributed by atoms with Crippen LogP contribution in [0.15, 0.2) is 54.6 Å². The minimum Gasteiger partial charge on any atom is -0.394 e. The summed E-state index contributed by atoms with van der Waals surface area (Å²) >= 11 is 5.99. The highest BCUT2D eigenvalue weighted by Gasteiger charge is 2.41. The molecule has 0 unspecified atom stereocenters. The summed E-state index contributed by atoms with van der Waals surface area (Å²) in [6.07, 6.45) is 1.52. The second-order valence-corrected chi connectivity index (χ2v) is 6.38. The summed E-state index contributed by atoms with van der Waals surface area (Å²) in [6.45, 7) is 1.04. The lowest BCUT2D eigenvalue weighted by Crippen LogP contribution is -2.33. The van der Waals surface area contributed by atoms with Gasteiger partial charge in [0, 0.05) is 5.02 Å². The van der Waals surface area contributed by atoms with Gasteiger partial charge in [0.2, 0.25) is 0 Å². The highest BCUT2D eigenvalue weighted by atomic mass is 35.5. The predicted octanol–water partition coefficient (Wildman–Crippen LogP) is 3.92. The molecule has 1 fully saturated rings. The van der Waals surface area contributed by atoms with Gasteiger partial charge in [0.1, 0.15) is 5.60 Å². The average Bonchev–Trinajstić information content (AvgIpc) is 3.01. The van der Waals surface area contributed by atoms with Gasteiger partial charge < -0.3 is 14.6 Å². The standard InChI is InChI=1S/C19H21ClO3/c20-17-8-6-16(7-9-17)19(11-10-18(12-21)23-19)14-22-13-15-4-2-1-3-5-15/h1-9,18,21H,10-14H2/t18-,19+/m0/s1. The minimum absolute atomic E-state index is 0.0357. The molecule has 0 bridgehead atoms. The van der Waals surface area contributed by atoms with E-state index < -0.39 is 5.60 Å². The van der Waals surface area contributed by atoms with E-state index in [1.807, 2.05) is 54.6 Å². The fourth-order valence-electron chi connectivity index (χ4n) is 3.02. The third kappa shape index (κ3) is 3.93. The summed E-state index contributed by atoms with van der Waals surface area (Å²) in [5.74, 6) is 0. The number of halogens is 1. The largest absolute Gasteiger partial charge is 0.394 e. The maximum atomic E-state index is 9.41. The molecule has 3 rings (SSSR count). The molecule has 1 heterocycles. The van der Waals surface area contributed by atoms with Crippen LogP contribution in [0.4, 0.5) is 0 Å². The Balaban J connectivity index is 1.72. The van der Waals surface area contributed by atoms with E-state index in [4.69, 9.17) is 21.1 Å². The Morgan fingerprint density at radius 1 is 1.13 bits per heavy atom. The molecule has 1 aliphatic heterocycles. The highest BCUT2D eigenvalue weighted by molar-refractivity contribution is 6.30. The Kier molecular flexibility index (Phi) is 5.34. The summed E-state index contributed by atoms with van der Waals surface area (Å²) in [4.78, 5) is 0. The molecule has 2 aromatic carbocycles. The molecule has 4 heteroatoms. The Morgan fingerprint density at radius 3 is 2.52 bits per heavy atom. The maximum Gasteiger partial charge on any atom is 0.117 e. The molecule has 23 heavy (non-hydrogen) atoms. The molecule has 1 saturated heterocycles. The van der Waals surface area contributed by atoms with Crippen molar-refractivity contribution in [1.82, 2.24) is 0 Å². The maximum absolute atomic E-state index is 9.41. The van der Waals surface area contributed by atoms with E-state index in [0.717, 1.165) is 24.0 Å². The van der Waals surface area contributed by atoms with Crippen LogP contribution in [0.2, 0.25) is 5.02 Å². The van der Waals surface area contributed by atoms with E-state index in [0.29, 0.717) is 18.2 Å². The Bertz CT molecular complexity index is 614. The van der Waals surface area contributed by atoms with Gasteiger partial charge in [0.05, 0.1) is 25.9 Å². The lowest BCUT2D eigenvalue weighted by Gasteiger charge is -2.30. The van der Waals surface area contributed by atoms with Crippen LogP contribution < -0.4 is 0 Å². The van der Waals surface area contributed by atoms with Gasteiger partial charge in [-0.2, -0.15) is 0 Å². The molecular weight excluding hydrogens is 312 g/mol. The van der Waals surface area contributed by atoms with E-state index >= 15 is 0 Å². The van der Waals surface area contributed by atoms with Crippen molar-refractivity contribution in [2.45, 2.75) is 31.2 Å². The second-order valence-electron chi connectivity index (χ2n) is 5.94. The van der Waals surface area contributed by atoms with E-state index in [1.54, 1.807) is 0 Å². The molecule has 0 amide bonds. The van der Waals surface area contributed by atoms with Crippen LogP contribution in [0.25, 0.3) is 0 Å². The molecular formula is C19H21ClO3. The summed E-state index contributed by atoms with van der Waals surface area (Å²) in [5.41, 5.74) is 1.67. The Morgan fingerprint density at radius 2 is 1.87 bits per heavy atom. The van der Waals surface area contributed by atoms with E-state index in [-0.39, 0.29) is 12.7 Å². The van der Waals surface area contributed by atoms with E-state index in [1.165, 1.54) is 0 Å². The third-order valence-corrected chi connectivity index (χ3v) is 4.54. The first-order valence-corrected chi connectivity index (χ1v) is 8.26. The number of rotatable bonds is 6. The zero-order valence-electron chi connectivity index (χ0n) is 13.0. The van der Waals surface area contributed by atoms with Gasteiger partial charge in [0.15, 0.2) is 0 Å². The van der Waals surface area contributed by atoms with Crippen molar-refractivity contribution in [3.8, 4) is 0 Å². The van der Waals surface area contributed by atoms with Crippen molar-refractivity contribution in [3.63, 3.8) is 0 Å². The van der Waals surface area contributed by atoms with Crippen molar-refractivity contribution in [1.29, 1.82) is 0 Å². The molecule has 0 spiro atoms. The van der Waals surface area contributed by atoms with Gasteiger partial charge in [-0.1, -0.05) is 54.1 Å².